The van der Waals surface area contributed by atoms with Crippen molar-refractivity contribution in [2.75, 3.05) is 0 Å². The zero-order chi connectivity index (χ0) is 80.9. The molecule has 0 aromatic heterocycles. The van der Waals surface area contributed by atoms with Gasteiger partial charge in [-0.15, -0.1) is 0 Å². The zero-order valence-corrected chi connectivity index (χ0v) is 75.2. The summed E-state index contributed by atoms with van der Waals surface area (Å²) < 4.78 is 3.05. The topological polar surface area (TPSA) is 0 Å². The average molecular weight is 1620 g/mol. The second kappa shape index (κ2) is 33.1. The molecule has 114 heavy (non-hydrogen) atoms. The molecule has 0 aliphatic rings. The van der Waals surface area contributed by atoms with Crippen LogP contribution in [0.2, 0.25) is 0 Å². The number of benzene rings is 14. The molecule has 0 saturated carbocycles. The maximum atomic E-state index is 2.70. The number of rotatable bonds is 19. The molecule has 0 fully saturated rings. The number of hydrogen-bond donors (Lipinski definition) is 0. The first-order chi connectivity index (χ1) is 54.5. The molecule has 14 aromatic carbocycles. The van der Waals surface area contributed by atoms with E-state index < -0.39 is 0 Å². The van der Waals surface area contributed by atoms with Crippen LogP contribution in [0.4, 0.5) is 0 Å². The van der Waals surface area contributed by atoms with Gasteiger partial charge in [0.15, 0.2) is 0 Å². The summed E-state index contributed by atoms with van der Waals surface area (Å²) in [5.41, 5.74) is 55.7. The predicted molar refractivity (Wildman–Crippen MR) is 497 cm³/mol. The molecule has 0 bridgehead atoms. The molecule has 0 nitrogen and oxygen atoms in total. The van der Waals surface area contributed by atoms with Crippen molar-refractivity contribution in [2.45, 2.75) is 189 Å². The van der Waals surface area contributed by atoms with Gasteiger partial charge in [-0.2, -0.15) is 0 Å². The van der Waals surface area contributed by atoms with Gasteiger partial charge < -0.3 is 0 Å². The third kappa shape index (κ3) is 16.0. The van der Waals surface area contributed by atoms with Crippen molar-refractivity contribution in [2.24, 2.45) is 0 Å². The van der Waals surface area contributed by atoms with Crippen LogP contribution in [0.3, 0.4) is 0 Å². The quantitative estimate of drug-likeness (QED) is 0.0708. The number of hydrogen-bond acceptors (Lipinski definition) is 0. The molecule has 2 heteroatoms. The first-order valence-corrected chi connectivity index (χ1v) is 47.2. The first kappa shape index (κ1) is 80.7. The molecule has 0 heterocycles. The second-order valence-corrected chi connectivity index (χ2v) is 41.1. The Hall–Kier alpha value is -9.88. The van der Waals surface area contributed by atoms with E-state index in [0.29, 0.717) is 0 Å². The van der Waals surface area contributed by atoms with Crippen LogP contribution in [0.1, 0.15) is 186 Å². The van der Waals surface area contributed by atoms with Crippen LogP contribution in [-0.4, -0.2) is 26.3 Å². The molecule has 0 spiro atoms. The van der Waals surface area contributed by atoms with E-state index in [-0.39, 0.29) is 37.1 Å². The van der Waals surface area contributed by atoms with Gasteiger partial charge in [0.2, 0.25) is 0 Å². The molecule has 0 amide bonds. The van der Waals surface area contributed by atoms with Crippen LogP contribution in [-0.2, 0) is 36.5 Å². The van der Waals surface area contributed by atoms with Crippen molar-refractivity contribution in [3.8, 4) is 89.0 Å². The normalized spacial score (nSPS) is 11.8. The summed E-state index contributed by atoms with van der Waals surface area (Å²) >= 11 is -0.245. The fourth-order valence-electron chi connectivity index (χ4n) is 18.9. The van der Waals surface area contributed by atoms with Gasteiger partial charge in [-0.25, -0.2) is 0 Å². The first-order valence-electron chi connectivity index (χ1n) is 41.1. The summed E-state index contributed by atoms with van der Waals surface area (Å²) in [5.74, 6) is 0. The Labute approximate surface area is 695 Å². The van der Waals surface area contributed by atoms with E-state index in [1.54, 1.807) is 0 Å². The van der Waals surface area contributed by atoms with E-state index in [2.05, 4.69) is 395 Å². The van der Waals surface area contributed by atoms with Crippen molar-refractivity contribution in [3.05, 3.63) is 387 Å². The van der Waals surface area contributed by atoms with E-state index in [4.69, 9.17) is 0 Å². The van der Waals surface area contributed by atoms with Gasteiger partial charge >= 0.3 is 700 Å². The molecule has 0 aliphatic heterocycles. The van der Waals surface area contributed by atoms with Gasteiger partial charge in [-0.1, -0.05) is 0 Å². The van der Waals surface area contributed by atoms with Gasteiger partial charge in [-0.05, 0) is 0 Å². The molecule has 0 aliphatic carbocycles. The molecule has 0 N–H and O–H groups in total. The van der Waals surface area contributed by atoms with Crippen LogP contribution in [0, 0.1) is 111 Å². The van der Waals surface area contributed by atoms with E-state index in [0.717, 1.165) is 25.7 Å². The van der Waals surface area contributed by atoms with Gasteiger partial charge in [0.25, 0.3) is 0 Å². The summed E-state index contributed by atoms with van der Waals surface area (Å²) in [5, 5.41) is 0. The Kier molecular flexibility index (Phi) is 23.5. The van der Waals surface area contributed by atoms with Crippen LogP contribution in [0.25, 0.3) is 89.0 Å². The molecule has 0 unspecified atom stereocenters. The summed E-state index contributed by atoms with van der Waals surface area (Å²) in [6, 6.07) is 94.9. The summed E-state index contributed by atoms with van der Waals surface area (Å²) in [6.07, 6.45) is 3.03. The summed E-state index contributed by atoms with van der Waals surface area (Å²) in [4.78, 5) is 0. The summed E-state index contributed by atoms with van der Waals surface area (Å²) in [7, 11) is 0. The monoisotopic (exact) mass is 1620 g/mol. The van der Waals surface area contributed by atoms with Crippen molar-refractivity contribution in [1.82, 2.24) is 0 Å². The van der Waals surface area contributed by atoms with E-state index >= 15 is 0 Å². The van der Waals surface area contributed by atoms with Gasteiger partial charge in [0.1, 0.15) is 0 Å². The maximum absolute atomic E-state index is 2.70. The van der Waals surface area contributed by atoms with Crippen LogP contribution in [0.15, 0.2) is 243 Å². The van der Waals surface area contributed by atoms with Crippen molar-refractivity contribution in [1.29, 1.82) is 0 Å². The average Bonchev–Trinajstić information content (AvgIpc) is 0.779. The van der Waals surface area contributed by atoms with Gasteiger partial charge in [0.05, 0.1) is 0 Å². The molecule has 0 saturated heterocycles. The van der Waals surface area contributed by atoms with Crippen LogP contribution < -0.4 is 8.92 Å². The van der Waals surface area contributed by atoms with Gasteiger partial charge in [-0.3, -0.25) is 0 Å². The minimum absolute atomic E-state index is 0.123. The van der Waals surface area contributed by atoms with E-state index in [1.807, 2.05) is 0 Å². The Morgan fingerprint density at radius 1 is 0.184 bits per heavy atom. The fourth-order valence-corrected chi connectivity index (χ4v) is 27.7. The van der Waals surface area contributed by atoms with Gasteiger partial charge in [0, 0.05) is 0 Å². The van der Waals surface area contributed by atoms with E-state index in [1.165, 1.54) is 243 Å². The molecule has 0 atom stereocenters. The molecular formula is C112H114Se2. The second-order valence-electron chi connectivity index (χ2n) is 35.1. The summed E-state index contributed by atoms with van der Waals surface area (Å²) in [6.45, 7) is 51.9. The minimum atomic E-state index is -0.196. The SMILES string of the molecule is Cc1cccc(C)c1-c1cccc(-c2c(C)cccc2C)c1Cc1cc(C(C)(C)C)cc(Cc2c(-c3c(C)cccc3C)cccc2-c2c(C)cccc2C)c1[Se][Se]c1c(Cc2c(-c3c(C)cccc3C)cccc2-c2c(C)cccc2C)cc(C(C)(C)C)cc1Cc1c(-c2c(C)cccc2C)cccc1-c1c(C)cccc1C. The Morgan fingerprint density at radius 3 is 0.430 bits per heavy atom. The van der Waals surface area contributed by atoms with Crippen LogP contribution in [0.5, 0.6) is 0 Å². The molecule has 0 radical (unpaired) electrons. The third-order valence-electron chi connectivity index (χ3n) is 24.6. The Morgan fingerprint density at radius 2 is 0.307 bits per heavy atom. The number of aryl methyl sites for hydroxylation is 16. The third-order valence-corrected chi connectivity index (χ3v) is 32.2. The van der Waals surface area contributed by atoms with Crippen LogP contribution >= 0.6 is 0 Å². The van der Waals surface area contributed by atoms with Crippen molar-refractivity contribution < 1.29 is 0 Å². The van der Waals surface area contributed by atoms with Crippen molar-refractivity contribution >= 4 is 35.2 Å². The zero-order valence-electron chi connectivity index (χ0n) is 71.7. The standard InChI is InChI=1S/C112H114Se2/c1-67-35-23-36-68(2)101(67)89-51-31-52-90(102-69(3)37-24-38-70(102)4)97(89)63-83-59-87(111(17,18)19)60-84(64-98-91(103-71(5)39-25-40-72(103)6)53-32-54-92(98)104-73(7)41-26-42-74(104)8)109(83)113-114-110-85(65-99-93(105-75(9)43-27-44-76(105)10)55-33-56-94(99)106-77(11)45-28-46-78(106)12)61-88(112(20,21)22)62-86(110)66-100-95(107-79(13)47-29-48-80(107)14)57-34-58-96(100)108-81(15)49-30-50-82(108)16/h23-62H,63-66H2,1-22H3. The molecule has 14 aromatic rings. The Balaban J connectivity index is 1.12. The Bertz CT molecular complexity index is 4910. The fraction of sp³-hybridized carbons (Fsp3) is 0.250. The van der Waals surface area contributed by atoms with E-state index in [9.17, 15) is 0 Å². The molecule has 14 rings (SSSR count). The molecular weight excluding hydrogens is 1500 g/mol. The predicted octanol–water partition coefficient (Wildman–Crippen LogP) is 28.2. The van der Waals surface area contributed by atoms with Crippen molar-refractivity contribution in [3.63, 3.8) is 0 Å². The molecule has 574 valence electrons.